The van der Waals surface area contributed by atoms with E-state index in [1.807, 2.05) is 12.1 Å². The molecule has 0 radical (unpaired) electrons. The van der Waals surface area contributed by atoms with E-state index >= 15 is 0 Å². The minimum Gasteiger partial charge on any atom is -0.495 e. The van der Waals surface area contributed by atoms with Crippen molar-refractivity contribution < 1.29 is 22.7 Å². The summed E-state index contributed by atoms with van der Waals surface area (Å²) in [6, 6.07) is 12.1. The maximum atomic E-state index is 13.1. The molecular weight excluding hydrogens is 418 g/mol. The van der Waals surface area contributed by atoms with Crippen molar-refractivity contribution in [1.82, 2.24) is 4.90 Å². The van der Waals surface area contributed by atoms with E-state index in [2.05, 4.69) is 9.62 Å². The first kappa shape index (κ1) is 21.6. The summed E-state index contributed by atoms with van der Waals surface area (Å²) in [7, 11) is -2.48. The molecule has 0 saturated carbocycles. The minimum absolute atomic E-state index is 0.00247. The van der Waals surface area contributed by atoms with Gasteiger partial charge in [-0.3, -0.25) is 14.4 Å². The molecule has 0 spiro atoms. The van der Waals surface area contributed by atoms with Crippen LogP contribution >= 0.6 is 0 Å². The summed E-state index contributed by atoms with van der Waals surface area (Å²) in [5, 5.41) is 0. The summed E-state index contributed by atoms with van der Waals surface area (Å²) in [6.45, 7) is 4.65. The third kappa shape index (κ3) is 5.00. The highest BCUT2D eigenvalue weighted by Crippen LogP contribution is 2.32. The van der Waals surface area contributed by atoms with E-state index < -0.39 is 10.0 Å². The Hall–Kier alpha value is -2.62. The molecule has 0 aliphatic carbocycles. The maximum absolute atomic E-state index is 13.1. The number of morpholine rings is 1. The zero-order chi connectivity index (χ0) is 21.8. The number of hydrogen-bond donors (Lipinski definition) is 1. The fraction of sp³-hybridized carbons (Fsp3) is 0.409. The van der Waals surface area contributed by atoms with Crippen LogP contribution in [0, 0.1) is 0 Å². The average Bonchev–Trinajstić information content (AvgIpc) is 3.21. The molecule has 2 fully saturated rings. The predicted molar refractivity (Wildman–Crippen MR) is 118 cm³/mol. The van der Waals surface area contributed by atoms with Crippen LogP contribution in [0.25, 0.3) is 0 Å². The lowest BCUT2D eigenvalue weighted by Crippen LogP contribution is -2.35. The number of methoxy groups -OCH3 is 1. The van der Waals surface area contributed by atoms with E-state index in [1.54, 1.807) is 29.2 Å². The van der Waals surface area contributed by atoms with Crippen LogP contribution < -0.4 is 14.4 Å². The van der Waals surface area contributed by atoms with Gasteiger partial charge in [0.15, 0.2) is 0 Å². The van der Waals surface area contributed by atoms with Crippen LogP contribution in [0.5, 0.6) is 5.75 Å². The molecule has 31 heavy (non-hydrogen) atoms. The monoisotopic (exact) mass is 445 g/mol. The molecular formula is C22H27N3O5S. The molecule has 1 amide bonds. The van der Waals surface area contributed by atoms with Crippen molar-refractivity contribution in [3.05, 3.63) is 48.0 Å². The largest absolute Gasteiger partial charge is 0.495 e. The highest BCUT2D eigenvalue weighted by atomic mass is 32.2. The summed E-state index contributed by atoms with van der Waals surface area (Å²) in [6.07, 6.45) is 1.24. The highest BCUT2D eigenvalue weighted by Gasteiger charge is 2.26. The summed E-state index contributed by atoms with van der Waals surface area (Å²) in [5.41, 5.74) is 2.14. The number of sulfonamides is 1. The van der Waals surface area contributed by atoms with E-state index in [1.165, 1.54) is 13.2 Å². The Morgan fingerprint density at radius 2 is 1.81 bits per heavy atom. The standard InChI is InChI=1S/C22H27N3O5S/c1-29-20-9-8-19(25-10-2-3-22(25)26)15-21(20)31(27,28)23-18-6-4-17(5-7-18)16-24-11-13-30-14-12-24/h4-9,15,23H,2-3,10-14,16H2,1H3. The Balaban J connectivity index is 1.52. The number of nitrogens with one attached hydrogen (secondary N) is 1. The summed E-state index contributed by atoms with van der Waals surface area (Å²) in [5.74, 6) is 0.226. The zero-order valence-electron chi connectivity index (χ0n) is 17.5. The molecule has 0 atom stereocenters. The van der Waals surface area contributed by atoms with Gasteiger partial charge in [-0.2, -0.15) is 0 Å². The first-order valence-corrected chi connectivity index (χ1v) is 11.8. The normalized spacial score (nSPS) is 17.7. The number of carbonyl (C=O) groups excluding carboxylic acids is 1. The zero-order valence-corrected chi connectivity index (χ0v) is 18.4. The van der Waals surface area contributed by atoms with Crippen molar-refractivity contribution in [1.29, 1.82) is 0 Å². The molecule has 0 unspecified atom stereocenters. The highest BCUT2D eigenvalue weighted by molar-refractivity contribution is 7.92. The number of hydrogen-bond acceptors (Lipinski definition) is 6. The number of benzene rings is 2. The lowest BCUT2D eigenvalue weighted by atomic mass is 10.2. The average molecular weight is 446 g/mol. The SMILES string of the molecule is COc1ccc(N2CCCC2=O)cc1S(=O)(=O)Nc1ccc(CN2CCOCC2)cc1. The first-order valence-electron chi connectivity index (χ1n) is 10.4. The summed E-state index contributed by atoms with van der Waals surface area (Å²) < 4.78 is 39.5. The van der Waals surface area contributed by atoms with Gasteiger partial charge < -0.3 is 14.4 Å². The molecule has 2 saturated heterocycles. The van der Waals surface area contributed by atoms with Crippen molar-refractivity contribution in [2.75, 3.05) is 49.6 Å². The third-order valence-corrected chi connectivity index (χ3v) is 6.94. The lowest BCUT2D eigenvalue weighted by Gasteiger charge is -2.26. The molecule has 0 bridgehead atoms. The predicted octanol–water partition coefficient (Wildman–Crippen LogP) is 2.46. The van der Waals surface area contributed by atoms with E-state index in [4.69, 9.17) is 9.47 Å². The Morgan fingerprint density at radius 1 is 1.06 bits per heavy atom. The number of nitrogens with zero attached hydrogens (tertiary/aromatic N) is 2. The second-order valence-corrected chi connectivity index (χ2v) is 9.33. The molecule has 9 heteroatoms. The topological polar surface area (TPSA) is 88.2 Å². The van der Waals surface area contributed by atoms with Crippen LogP contribution in [0.15, 0.2) is 47.4 Å². The van der Waals surface area contributed by atoms with Gasteiger partial charge in [-0.1, -0.05) is 12.1 Å². The van der Waals surface area contributed by atoms with E-state index in [-0.39, 0.29) is 16.6 Å². The molecule has 2 aromatic carbocycles. The van der Waals surface area contributed by atoms with Gasteiger partial charge in [0.1, 0.15) is 10.6 Å². The molecule has 4 rings (SSSR count). The maximum Gasteiger partial charge on any atom is 0.265 e. The molecule has 2 heterocycles. The van der Waals surface area contributed by atoms with Crippen LogP contribution in [-0.2, 0) is 26.1 Å². The Kier molecular flexibility index (Phi) is 6.45. The molecule has 166 valence electrons. The van der Waals surface area contributed by atoms with Gasteiger partial charge in [0.05, 0.1) is 20.3 Å². The molecule has 2 aromatic rings. The third-order valence-electron chi connectivity index (χ3n) is 5.54. The molecule has 8 nitrogen and oxygen atoms in total. The second-order valence-electron chi connectivity index (χ2n) is 7.68. The van der Waals surface area contributed by atoms with Crippen molar-refractivity contribution in [2.45, 2.75) is 24.3 Å². The number of ether oxygens (including phenoxy) is 2. The molecule has 0 aromatic heterocycles. The Morgan fingerprint density at radius 3 is 2.45 bits per heavy atom. The summed E-state index contributed by atoms with van der Waals surface area (Å²) in [4.78, 5) is 16.0. The fourth-order valence-electron chi connectivity index (χ4n) is 3.87. The first-order chi connectivity index (χ1) is 15.0. The molecule has 2 aliphatic rings. The molecule has 1 N–H and O–H groups in total. The van der Waals surface area contributed by atoms with Gasteiger partial charge in [0.2, 0.25) is 5.91 Å². The van der Waals surface area contributed by atoms with Crippen LogP contribution in [-0.4, -0.2) is 59.2 Å². The van der Waals surface area contributed by atoms with Crippen LogP contribution in [0.3, 0.4) is 0 Å². The van der Waals surface area contributed by atoms with Crippen molar-refractivity contribution in [3.63, 3.8) is 0 Å². The number of anilines is 2. The Labute approximate surface area is 182 Å². The number of carbonyl (C=O) groups is 1. The van der Waals surface area contributed by atoms with Gasteiger partial charge in [-0.25, -0.2) is 8.42 Å². The smallest absolute Gasteiger partial charge is 0.265 e. The van der Waals surface area contributed by atoms with Gasteiger partial charge in [-0.05, 0) is 42.3 Å². The van der Waals surface area contributed by atoms with Gasteiger partial charge in [0, 0.05) is 44.0 Å². The van der Waals surface area contributed by atoms with Gasteiger partial charge >= 0.3 is 0 Å². The molecule has 2 aliphatic heterocycles. The second kappa shape index (κ2) is 9.25. The lowest BCUT2D eigenvalue weighted by molar-refractivity contribution is -0.117. The van der Waals surface area contributed by atoms with E-state index in [0.29, 0.717) is 24.3 Å². The van der Waals surface area contributed by atoms with Crippen LogP contribution in [0.4, 0.5) is 11.4 Å². The quantitative estimate of drug-likeness (QED) is 0.704. The van der Waals surface area contributed by atoms with Crippen LogP contribution in [0.2, 0.25) is 0 Å². The van der Waals surface area contributed by atoms with Gasteiger partial charge in [-0.15, -0.1) is 0 Å². The van der Waals surface area contributed by atoms with Crippen molar-refractivity contribution in [2.24, 2.45) is 0 Å². The van der Waals surface area contributed by atoms with Gasteiger partial charge in [0.25, 0.3) is 10.0 Å². The van der Waals surface area contributed by atoms with E-state index in [9.17, 15) is 13.2 Å². The van der Waals surface area contributed by atoms with Crippen molar-refractivity contribution in [3.8, 4) is 5.75 Å². The van der Waals surface area contributed by atoms with Crippen molar-refractivity contribution >= 4 is 27.3 Å². The summed E-state index contributed by atoms with van der Waals surface area (Å²) >= 11 is 0. The minimum atomic E-state index is -3.91. The van der Waals surface area contributed by atoms with E-state index in [0.717, 1.165) is 44.8 Å². The fourth-order valence-corrected chi connectivity index (χ4v) is 5.12. The number of amides is 1. The van der Waals surface area contributed by atoms with Crippen LogP contribution in [0.1, 0.15) is 18.4 Å². The Bertz CT molecular complexity index is 1030. The number of rotatable bonds is 7.